The molecule has 154 valence electrons. The van der Waals surface area contributed by atoms with Crippen LogP contribution in [0.4, 0.5) is 0 Å². The van der Waals surface area contributed by atoms with Crippen molar-refractivity contribution in [3.63, 3.8) is 0 Å². The quantitative estimate of drug-likeness (QED) is 0.287. The zero-order valence-electron chi connectivity index (χ0n) is 17.2. The van der Waals surface area contributed by atoms with E-state index in [1.54, 1.807) is 0 Å². The number of hydrogen-bond acceptors (Lipinski definition) is 4. The van der Waals surface area contributed by atoms with E-state index < -0.39 is 7.82 Å². The van der Waals surface area contributed by atoms with Gasteiger partial charge in [0.05, 0.1) is 19.8 Å². The van der Waals surface area contributed by atoms with Gasteiger partial charge in [-0.1, -0.05) is 53.4 Å². The van der Waals surface area contributed by atoms with Crippen molar-refractivity contribution in [1.82, 2.24) is 4.98 Å². The van der Waals surface area contributed by atoms with Gasteiger partial charge in [0, 0.05) is 6.42 Å². The number of aromatic nitrogens is 2. The maximum absolute atomic E-state index is 11.0. The first kappa shape index (κ1) is 25.3. The number of hydrogen-bond donors (Lipinski definition) is 1. The number of phosphoric acid groups is 1. The summed E-state index contributed by atoms with van der Waals surface area (Å²) in [6.07, 6.45) is 13.8. The van der Waals surface area contributed by atoms with Crippen molar-refractivity contribution in [1.29, 1.82) is 0 Å². The molecule has 0 aromatic carbocycles. The Morgan fingerprint density at radius 1 is 0.962 bits per heavy atom. The molecular weight excluding hydrogens is 351 g/mol. The third-order valence-electron chi connectivity index (χ3n) is 3.87. The first-order chi connectivity index (χ1) is 12.5. The molecule has 6 nitrogen and oxygen atoms in total. The van der Waals surface area contributed by atoms with Gasteiger partial charge in [-0.3, -0.25) is 4.57 Å². The number of nitrogens with zero attached hydrogens (tertiary/aromatic N) is 1. The van der Waals surface area contributed by atoms with Gasteiger partial charge in [-0.25, -0.2) is 9.55 Å². The summed E-state index contributed by atoms with van der Waals surface area (Å²) in [5.41, 5.74) is 0. The predicted molar refractivity (Wildman–Crippen MR) is 104 cm³/mol. The molecular formula is C19H39N2O4P. The smallest absolute Gasteiger partial charge is 0.267 e. The van der Waals surface area contributed by atoms with Crippen molar-refractivity contribution in [2.75, 3.05) is 13.2 Å². The van der Waals surface area contributed by atoms with Crippen molar-refractivity contribution in [2.45, 2.75) is 92.0 Å². The number of unbranched alkanes of at least 4 members (excludes halogenated alkanes) is 4. The Morgan fingerprint density at radius 2 is 1.50 bits per heavy atom. The second-order valence-electron chi connectivity index (χ2n) is 6.38. The molecule has 0 bridgehead atoms. The van der Waals surface area contributed by atoms with Gasteiger partial charge in [0.2, 0.25) is 0 Å². The maximum Gasteiger partial charge on any atom is 0.267 e. The van der Waals surface area contributed by atoms with E-state index in [0.717, 1.165) is 25.7 Å². The molecule has 0 amide bonds. The Labute approximate surface area is 159 Å². The second kappa shape index (κ2) is 16.5. The Balaban J connectivity index is 0.000000481. The van der Waals surface area contributed by atoms with Gasteiger partial charge in [0.1, 0.15) is 12.4 Å². The second-order valence-corrected chi connectivity index (χ2v) is 7.79. The number of rotatable bonds is 14. The van der Waals surface area contributed by atoms with Crippen LogP contribution in [0, 0.1) is 0 Å². The number of nitrogens with one attached hydrogen (secondary N) is 1. The summed E-state index contributed by atoms with van der Waals surface area (Å²) in [5, 5.41) is 0. The summed E-state index contributed by atoms with van der Waals surface area (Å²) in [5.74, 6) is 1.38. The minimum Gasteiger partial charge on any atom is -0.756 e. The number of aryl methyl sites for hydroxylation is 2. The highest BCUT2D eigenvalue weighted by Gasteiger charge is 2.08. The minimum absolute atomic E-state index is 0.226. The predicted octanol–water partition coefficient (Wildman–Crippen LogP) is 4.53. The van der Waals surface area contributed by atoms with Gasteiger partial charge >= 0.3 is 0 Å². The van der Waals surface area contributed by atoms with Crippen LogP contribution in [0.2, 0.25) is 0 Å². The molecule has 7 heteroatoms. The standard InChI is InChI=1S/C11H20N2.C8H19O4P/c1-3-5-7-11-12-8-10-13(11)9-6-4-2;1-3-5-7-11-13(9,10)12-8-6-4-2/h8,10H,3-7,9H2,1-2H3;3-8H2,1-2H3,(H,9,10). The first-order valence-electron chi connectivity index (χ1n) is 10.2. The molecule has 26 heavy (non-hydrogen) atoms. The number of imidazole rings is 1. The van der Waals surface area contributed by atoms with Crippen molar-refractivity contribution < 1.29 is 23.1 Å². The summed E-state index contributed by atoms with van der Waals surface area (Å²) in [6.45, 7) is 10.0. The van der Waals surface area contributed by atoms with Crippen molar-refractivity contribution in [2.24, 2.45) is 0 Å². The lowest BCUT2D eigenvalue weighted by Gasteiger charge is -2.22. The van der Waals surface area contributed by atoms with Crippen LogP contribution in [0.25, 0.3) is 0 Å². The molecule has 0 aliphatic rings. The van der Waals surface area contributed by atoms with Crippen molar-refractivity contribution in [3.8, 4) is 0 Å². The normalized spacial score (nSPS) is 11.3. The van der Waals surface area contributed by atoms with Crippen LogP contribution in [0.5, 0.6) is 0 Å². The lowest BCUT2D eigenvalue weighted by Crippen LogP contribution is -2.35. The Kier molecular flexibility index (Phi) is 16.1. The van der Waals surface area contributed by atoms with E-state index in [1.807, 2.05) is 20.0 Å². The van der Waals surface area contributed by atoms with E-state index in [2.05, 4.69) is 38.6 Å². The van der Waals surface area contributed by atoms with Crippen LogP contribution >= 0.6 is 7.82 Å². The third kappa shape index (κ3) is 13.5. The van der Waals surface area contributed by atoms with Crippen molar-refractivity contribution >= 4 is 7.82 Å². The van der Waals surface area contributed by atoms with E-state index in [9.17, 15) is 9.46 Å². The van der Waals surface area contributed by atoms with Gasteiger partial charge < -0.3 is 13.9 Å². The van der Waals surface area contributed by atoms with E-state index in [4.69, 9.17) is 0 Å². The number of phosphoric ester groups is 1. The molecule has 1 N–H and O–H groups in total. The van der Waals surface area contributed by atoms with Gasteiger partial charge in [0.15, 0.2) is 0 Å². The highest BCUT2D eigenvalue weighted by atomic mass is 31.2. The maximum atomic E-state index is 11.0. The van der Waals surface area contributed by atoms with Crippen LogP contribution in [-0.2, 0) is 26.6 Å². The first-order valence-corrected chi connectivity index (χ1v) is 11.6. The molecule has 0 saturated carbocycles. The highest BCUT2D eigenvalue weighted by Crippen LogP contribution is 2.38. The number of aromatic amines is 1. The molecule has 0 fully saturated rings. The van der Waals surface area contributed by atoms with Crippen LogP contribution < -0.4 is 9.46 Å². The van der Waals surface area contributed by atoms with Crippen LogP contribution in [0.1, 0.15) is 84.9 Å². The molecule has 1 rings (SSSR count). The molecule has 1 heterocycles. The zero-order chi connectivity index (χ0) is 19.7. The van der Waals surface area contributed by atoms with Crippen LogP contribution in [0.15, 0.2) is 12.4 Å². The van der Waals surface area contributed by atoms with Gasteiger partial charge in [-0.05, 0) is 25.7 Å². The molecule has 0 atom stereocenters. The fourth-order valence-electron chi connectivity index (χ4n) is 2.17. The molecule has 0 saturated heterocycles. The van der Waals surface area contributed by atoms with Crippen molar-refractivity contribution in [3.05, 3.63) is 18.2 Å². The highest BCUT2D eigenvalue weighted by molar-refractivity contribution is 7.45. The summed E-state index contributed by atoms with van der Waals surface area (Å²) in [6, 6.07) is 0. The fourth-order valence-corrected chi connectivity index (χ4v) is 2.95. The SMILES string of the molecule is CCCCOP(=O)([O-])OCCCC.CCCCc1[nH]cc[n+]1CCCC. The monoisotopic (exact) mass is 390 g/mol. The van der Waals surface area contributed by atoms with Crippen LogP contribution in [-0.4, -0.2) is 18.2 Å². The van der Waals surface area contributed by atoms with E-state index in [1.165, 1.54) is 44.5 Å². The molecule has 0 radical (unpaired) electrons. The fraction of sp³-hybridized carbons (Fsp3) is 0.842. The third-order valence-corrected chi connectivity index (χ3v) is 4.86. The van der Waals surface area contributed by atoms with Gasteiger partial charge in [-0.2, -0.15) is 0 Å². The molecule has 0 aliphatic carbocycles. The molecule has 1 aromatic rings. The summed E-state index contributed by atoms with van der Waals surface area (Å²) in [7, 11) is -4.00. The van der Waals surface area contributed by atoms with Crippen LogP contribution in [0.3, 0.4) is 0 Å². The summed E-state index contributed by atoms with van der Waals surface area (Å²) >= 11 is 0. The summed E-state index contributed by atoms with van der Waals surface area (Å²) in [4.78, 5) is 14.3. The van der Waals surface area contributed by atoms with Gasteiger partial charge in [-0.15, -0.1) is 0 Å². The van der Waals surface area contributed by atoms with E-state index >= 15 is 0 Å². The van der Waals surface area contributed by atoms with E-state index in [0.29, 0.717) is 0 Å². The minimum atomic E-state index is -4.00. The topological polar surface area (TPSA) is 78.3 Å². The molecule has 0 aliphatic heterocycles. The summed E-state index contributed by atoms with van der Waals surface area (Å²) < 4.78 is 22.5. The number of H-pyrrole nitrogens is 1. The average molecular weight is 391 g/mol. The lowest BCUT2D eigenvalue weighted by molar-refractivity contribution is -0.703. The molecule has 0 unspecified atom stereocenters. The largest absolute Gasteiger partial charge is 0.756 e. The molecule has 0 spiro atoms. The van der Waals surface area contributed by atoms with Gasteiger partial charge in [0.25, 0.3) is 13.6 Å². The Hall–Kier alpha value is -0.680. The Bertz CT molecular complexity index is 443. The Morgan fingerprint density at radius 3 is 2.00 bits per heavy atom. The molecule has 1 aromatic heterocycles. The average Bonchev–Trinajstić information content (AvgIpc) is 3.06. The zero-order valence-corrected chi connectivity index (χ0v) is 18.1. The van der Waals surface area contributed by atoms with E-state index in [-0.39, 0.29) is 13.2 Å². The lowest BCUT2D eigenvalue weighted by atomic mass is 10.2.